The summed E-state index contributed by atoms with van der Waals surface area (Å²) in [5.74, 6) is -10.2. The zero-order valence-electron chi connectivity index (χ0n) is 42.2. The number of benzene rings is 1. The van der Waals surface area contributed by atoms with Gasteiger partial charge in [-0.05, 0) is 67.6 Å². The van der Waals surface area contributed by atoms with Crippen LogP contribution in [0.2, 0.25) is 0 Å². The second kappa shape index (κ2) is 28.8. The van der Waals surface area contributed by atoms with E-state index in [2.05, 4.69) is 62.5 Å². The molecule has 1 heterocycles. The molecule has 0 saturated carbocycles. The molecule has 1 saturated heterocycles. The van der Waals surface area contributed by atoms with E-state index in [1.54, 1.807) is 26.0 Å². The van der Waals surface area contributed by atoms with Crippen LogP contribution in [0.1, 0.15) is 106 Å². The Balaban J connectivity index is 2.45. The van der Waals surface area contributed by atoms with Crippen LogP contribution in [0.3, 0.4) is 0 Å². The van der Waals surface area contributed by atoms with Crippen molar-refractivity contribution in [1.82, 2.24) is 42.1 Å². The number of hydrogen-bond acceptors (Lipinski definition) is 14. The van der Waals surface area contributed by atoms with Crippen molar-refractivity contribution in [3.63, 3.8) is 0 Å². The molecule has 14 N–H and O–H groups in total. The highest BCUT2D eigenvalue weighted by Crippen LogP contribution is 2.37. The van der Waals surface area contributed by atoms with Crippen molar-refractivity contribution in [3.8, 4) is 5.75 Å². The Morgan fingerprint density at radius 1 is 0.694 bits per heavy atom. The van der Waals surface area contributed by atoms with Crippen molar-refractivity contribution < 1.29 is 57.8 Å². The van der Waals surface area contributed by atoms with Gasteiger partial charge in [-0.2, -0.15) is 25.3 Å². The summed E-state index contributed by atoms with van der Waals surface area (Å²) in [6.07, 6.45) is -0.658. The lowest BCUT2D eigenvalue weighted by atomic mass is 9.85. The van der Waals surface area contributed by atoms with Gasteiger partial charge in [0.05, 0.1) is 18.2 Å². The summed E-state index contributed by atoms with van der Waals surface area (Å²) in [5.41, 5.74) is 16.1. The van der Waals surface area contributed by atoms with Crippen LogP contribution in [0.15, 0.2) is 24.3 Å². The molecule has 1 aliphatic rings. The summed E-state index contributed by atoms with van der Waals surface area (Å²) in [6.45, 7) is 13.7. The third-order valence-corrected chi connectivity index (χ3v) is 12.6. The maximum atomic E-state index is 14.6. The van der Waals surface area contributed by atoms with Gasteiger partial charge in [-0.3, -0.25) is 52.7 Å². The molecule has 11 amide bonds. The molecule has 0 aliphatic carbocycles. The maximum Gasteiger partial charge on any atom is 0.246 e. The van der Waals surface area contributed by atoms with Crippen LogP contribution in [-0.2, 0) is 59.2 Å². The van der Waals surface area contributed by atoms with Gasteiger partial charge in [-0.1, -0.05) is 67.0 Å². The Bertz CT molecular complexity index is 2120. The van der Waals surface area contributed by atoms with Crippen molar-refractivity contribution in [2.45, 2.75) is 160 Å². The van der Waals surface area contributed by atoms with Crippen LogP contribution < -0.4 is 54.4 Å². The van der Waals surface area contributed by atoms with Crippen LogP contribution in [0.25, 0.3) is 0 Å². The van der Waals surface area contributed by atoms with Crippen LogP contribution in [-0.4, -0.2) is 141 Å². The fourth-order valence-corrected chi connectivity index (χ4v) is 8.28. The van der Waals surface area contributed by atoms with Crippen molar-refractivity contribution in [1.29, 1.82) is 0 Å². The number of amides is 11. The first-order chi connectivity index (χ1) is 33.5. The number of primary amides is 3. The highest BCUT2D eigenvalue weighted by Gasteiger charge is 2.48. The number of hydrogen-bond donors (Lipinski definition) is 13. The predicted molar refractivity (Wildman–Crippen MR) is 272 cm³/mol. The summed E-state index contributed by atoms with van der Waals surface area (Å²) in [6, 6.07) is -4.27. The minimum absolute atomic E-state index is 0.0274. The van der Waals surface area contributed by atoms with Crippen molar-refractivity contribution in [2.75, 3.05) is 12.3 Å². The molecule has 0 bridgehead atoms. The molecule has 72 heavy (non-hydrogen) atoms. The Morgan fingerprint density at radius 2 is 1.25 bits per heavy atom. The second-order valence-electron chi connectivity index (χ2n) is 19.6. The number of likely N-dealkylation sites (tertiary alicyclic amines) is 1. The lowest BCUT2D eigenvalue weighted by Gasteiger charge is -2.39. The summed E-state index contributed by atoms with van der Waals surface area (Å²) in [5, 5.41) is 26.8. The predicted octanol–water partition coefficient (Wildman–Crippen LogP) is -1.67. The molecule has 402 valence electrons. The van der Waals surface area contributed by atoms with Crippen molar-refractivity contribution in [2.24, 2.45) is 34.5 Å². The summed E-state index contributed by atoms with van der Waals surface area (Å²) < 4.78 is 0. The standard InChI is InChI=1S/C47H75N11O12S2/c1-9-24(4)38(57-43(67)30(53-39(63)25(5)72)19-26-10-12-27(59)13-11-26)45(69)52-28(14-17-35(48)60)41(65)54-31(20-36(49)61)42(66)56-32(22-71)46(70)58-33(15-16-34(58)47(6,7)8)44(68)55-29(18-23(2)3)40(64)51-21-37(50)62/h10-13,23-25,28-34,38,59,71-72H,9,14-22H2,1-8H3,(H2,48,60)(H2,49,61)(H2,50,62)(H,51,64)(H,52,69)(H,53,63)(H,54,65)(H,55,68)(H,56,66)(H,57,67)/t24-,25?,28-,29-,30-,31-,32-,33-,34+,38-/m0/s1. The number of nitrogens with two attached hydrogens (primary N) is 3. The number of phenolic OH excluding ortho intramolecular Hbond substituents is 1. The van der Waals surface area contributed by atoms with Gasteiger partial charge >= 0.3 is 0 Å². The Morgan fingerprint density at radius 3 is 1.76 bits per heavy atom. The normalized spacial score (nSPS) is 17.8. The number of nitrogens with zero attached hydrogens (tertiary/aromatic N) is 1. The van der Waals surface area contributed by atoms with Crippen molar-refractivity contribution in [3.05, 3.63) is 29.8 Å². The molecule has 1 aromatic carbocycles. The van der Waals surface area contributed by atoms with E-state index >= 15 is 0 Å². The van der Waals surface area contributed by atoms with E-state index in [0.717, 1.165) is 0 Å². The highest BCUT2D eigenvalue weighted by molar-refractivity contribution is 7.81. The SMILES string of the molecule is CC[C@H](C)[C@H](NC(=O)[C@H](Cc1ccc(O)cc1)NC(=O)C(C)S)C(=O)N[C@@H](CCC(N)=O)C(=O)N[C@@H](CC(N)=O)C(=O)N[C@@H](CS)C(=O)N1[C@H](C(=O)N[C@@H](CC(C)C)C(=O)NCC(N)=O)CC[C@@H]1C(C)(C)C. The molecule has 10 atom stereocenters. The zero-order chi connectivity index (χ0) is 54.8. The summed E-state index contributed by atoms with van der Waals surface area (Å²) >= 11 is 8.49. The number of aromatic hydroxyl groups is 1. The molecule has 23 nitrogen and oxygen atoms in total. The molecule has 25 heteroatoms. The minimum Gasteiger partial charge on any atom is -0.508 e. The molecule has 1 unspecified atom stereocenters. The van der Waals surface area contributed by atoms with E-state index in [1.807, 2.05) is 34.6 Å². The lowest BCUT2D eigenvalue weighted by molar-refractivity contribution is -0.145. The average Bonchev–Trinajstić information content (AvgIpc) is 3.76. The Kier molecular flexibility index (Phi) is 24.8. The third-order valence-electron chi connectivity index (χ3n) is 12.0. The maximum absolute atomic E-state index is 14.6. The van der Waals surface area contributed by atoms with Gasteiger partial charge < -0.3 is 64.4 Å². The number of phenols is 1. The van der Waals surface area contributed by atoms with Gasteiger partial charge in [0.15, 0.2) is 0 Å². The quantitative estimate of drug-likeness (QED) is 0.0420. The number of nitrogens with one attached hydrogen (secondary N) is 7. The van der Waals surface area contributed by atoms with Crippen molar-refractivity contribution >= 4 is 90.2 Å². The number of thiol groups is 2. The molecule has 0 aromatic heterocycles. The van der Waals surface area contributed by atoms with Gasteiger partial charge in [0, 0.05) is 24.6 Å². The van der Waals surface area contributed by atoms with Gasteiger partial charge in [-0.25, -0.2) is 0 Å². The van der Waals surface area contributed by atoms with E-state index in [1.165, 1.54) is 24.0 Å². The zero-order valence-corrected chi connectivity index (χ0v) is 44.0. The lowest BCUT2D eigenvalue weighted by Crippen LogP contribution is -2.62. The second-order valence-corrected chi connectivity index (χ2v) is 20.8. The molecule has 1 fully saturated rings. The molecular weight excluding hydrogens is 975 g/mol. The third kappa shape index (κ3) is 19.8. The van der Waals surface area contributed by atoms with Crippen LogP contribution >= 0.6 is 25.3 Å². The Labute approximate surface area is 431 Å². The van der Waals surface area contributed by atoms with Gasteiger partial charge in [0.1, 0.15) is 48.0 Å². The average molecular weight is 1050 g/mol. The van der Waals surface area contributed by atoms with E-state index < -0.39 is 156 Å². The van der Waals surface area contributed by atoms with Crippen LogP contribution in [0.4, 0.5) is 0 Å². The molecule has 1 aromatic rings. The summed E-state index contributed by atoms with van der Waals surface area (Å²) in [7, 11) is 0. The van der Waals surface area contributed by atoms with Crippen LogP contribution in [0, 0.1) is 17.3 Å². The van der Waals surface area contributed by atoms with E-state index in [-0.39, 0.29) is 36.7 Å². The first-order valence-electron chi connectivity index (χ1n) is 23.8. The number of carbonyl (C=O) groups excluding carboxylic acids is 11. The topological polar surface area (TPSA) is 374 Å². The number of carbonyl (C=O) groups is 11. The fraction of sp³-hybridized carbons (Fsp3) is 0.638. The number of rotatable bonds is 28. The molecule has 0 spiro atoms. The van der Waals surface area contributed by atoms with Gasteiger partial charge in [-0.15, -0.1) is 0 Å². The smallest absolute Gasteiger partial charge is 0.246 e. The molecular formula is C47H75N11O12S2. The molecule has 1 aliphatic heterocycles. The minimum atomic E-state index is -1.77. The summed E-state index contributed by atoms with van der Waals surface area (Å²) in [4.78, 5) is 148. The monoisotopic (exact) mass is 1050 g/mol. The molecule has 2 rings (SSSR count). The fourth-order valence-electron chi connectivity index (χ4n) is 7.96. The van der Waals surface area contributed by atoms with E-state index in [9.17, 15) is 57.8 Å². The van der Waals surface area contributed by atoms with E-state index in [0.29, 0.717) is 18.4 Å². The van der Waals surface area contributed by atoms with E-state index in [4.69, 9.17) is 17.2 Å². The van der Waals surface area contributed by atoms with Gasteiger partial charge in [0.25, 0.3) is 0 Å². The first kappa shape index (κ1) is 62.0. The first-order valence-corrected chi connectivity index (χ1v) is 25.0. The molecule has 0 radical (unpaired) electrons. The van der Waals surface area contributed by atoms with Crippen LogP contribution in [0.5, 0.6) is 5.75 Å². The largest absolute Gasteiger partial charge is 0.508 e. The highest BCUT2D eigenvalue weighted by atomic mass is 32.1. The van der Waals surface area contributed by atoms with Gasteiger partial charge in [0.2, 0.25) is 65.0 Å². The Hall–Kier alpha value is -6.11.